The van der Waals surface area contributed by atoms with Crippen molar-refractivity contribution in [3.05, 3.63) is 64.1 Å². The number of carboxylic acid groups (broad SMARTS) is 1. The van der Waals surface area contributed by atoms with Gasteiger partial charge in [-0.1, -0.05) is 46.3 Å². The zero-order valence-electron chi connectivity index (χ0n) is 12.6. The number of aromatic hydroxyl groups is 1. The molecule has 0 fully saturated rings. The molecule has 0 spiro atoms. The average molecular weight is 394 g/mol. The summed E-state index contributed by atoms with van der Waals surface area (Å²) in [6.07, 6.45) is -0.901. The number of benzene rings is 2. The molecule has 0 saturated carbocycles. The maximum Gasteiger partial charge on any atom is 0.408 e. The second kappa shape index (κ2) is 8.35. The number of carbonyl (C=O) groups excluding carboxylic acids is 1. The predicted octanol–water partition coefficient (Wildman–Crippen LogP) is 3.08. The Morgan fingerprint density at radius 1 is 1.17 bits per heavy atom. The van der Waals surface area contributed by atoms with Gasteiger partial charge in [-0.15, -0.1) is 0 Å². The summed E-state index contributed by atoms with van der Waals surface area (Å²) in [7, 11) is 0. The van der Waals surface area contributed by atoms with Crippen LogP contribution in [0.4, 0.5) is 4.79 Å². The van der Waals surface area contributed by atoms with E-state index in [1.807, 2.05) is 18.2 Å². The Kier molecular flexibility index (Phi) is 6.20. The van der Waals surface area contributed by atoms with E-state index >= 15 is 0 Å². The van der Waals surface area contributed by atoms with Crippen molar-refractivity contribution < 1.29 is 24.5 Å². The van der Waals surface area contributed by atoms with Crippen LogP contribution in [0.2, 0.25) is 0 Å². The van der Waals surface area contributed by atoms with Gasteiger partial charge in [-0.05, 0) is 29.3 Å². The summed E-state index contributed by atoms with van der Waals surface area (Å²) in [4.78, 5) is 23.2. The lowest BCUT2D eigenvalue weighted by atomic mass is 10.1. The topological polar surface area (TPSA) is 95.9 Å². The number of amides is 1. The van der Waals surface area contributed by atoms with E-state index < -0.39 is 18.1 Å². The van der Waals surface area contributed by atoms with Gasteiger partial charge in [0.15, 0.2) is 0 Å². The Bertz CT molecular complexity index is 720. The van der Waals surface area contributed by atoms with Crippen LogP contribution >= 0.6 is 15.9 Å². The van der Waals surface area contributed by atoms with Crippen LogP contribution in [-0.4, -0.2) is 28.3 Å². The summed E-state index contributed by atoms with van der Waals surface area (Å²) in [6, 6.07) is 12.5. The van der Waals surface area contributed by atoms with Gasteiger partial charge in [0.05, 0.1) is 0 Å². The number of nitrogens with one attached hydrogen (secondary N) is 1. The molecule has 0 radical (unpaired) electrons. The zero-order chi connectivity index (χ0) is 17.5. The second-order valence-electron chi connectivity index (χ2n) is 5.07. The summed E-state index contributed by atoms with van der Waals surface area (Å²) in [5.41, 5.74) is 1.20. The maximum absolute atomic E-state index is 11.8. The van der Waals surface area contributed by atoms with Gasteiger partial charge in [0.25, 0.3) is 0 Å². The molecule has 2 aromatic rings. The zero-order valence-corrected chi connectivity index (χ0v) is 14.2. The van der Waals surface area contributed by atoms with Crippen LogP contribution in [0, 0.1) is 0 Å². The van der Waals surface area contributed by atoms with Crippen LogP contribution in [0.5, 0.6) is 5.75 Å². The average Bonchev–Trinajstić information content (AvgIpc) is 2.56. The number of alkyl carbamates (subject to hydrolysis) is 1. The van der Waals surface area contributed by atoms with E-state index in [2.05, 4.69) is 21.2 Å². The normalized spacial score (nSPS) is 11.5. The Morgan fingerprint density at radius 3 is 2.54 bits per heavy atom. The molecule has 1 amide bonds. The van der Waals surface area contributed by atoms with Crippen molar-refractivity contribution in [1.82, 2.24) is 5.32 Å². The molecule has 1 unspecified atom stereocenters. The molecule has 0 aromatic heterocycles. The van der Waals surface area contributed by atoms with E-state index in [0.717, 1.165) is 5.56 Å². The van der Waals surface area contributed by atoms with Crippen LogP contribution in [0.25, 0.3) is 0 Å². The van der Waals surface area contributed by atoms with Crippen molar-refractivity contribution in [1.29, 1.82) is 0 Å². The molecule has 1 atom stereocenters. The largest absolute Gasteiger partial charge is 0.508 e. The fraction of sp³-hybridized carbons (Fsp3) is 0.176. The molecule has 24 heavy (non-hydrogen) atoms. The van der Waals surface area contributed by atoms with Gasteiger partial charge in [-0.3, -0.25) is 0 Å². The SMILES string of the molecule is O=C(NC(Cc1cc(Br)ccc1O)C(=O)O)OCc1ccccc1. The number of aliphatic carboxylic acids is 1. The number of rotatable bonds is 6. The van der Waals surface area contributed by atoms with Crippen molar-refractivity contribution in [2.75, 3.05) is 0 Å². The van der Waals surface area contributed by atoms with E-state index in [4.69, 9.17) is 4.74 Å². The van der Waals surface area contributed by atoms with Crippen LogP contribution in [0.15, 0.2) is 53.0 Å². The minimum Gasteiger partial charge on any atom is -0.508 e. The van der Waals surface area contributed by atoms with Crippen molar-refractivity contribution in [2.45, 2.75) is 19.1 Å². The van der Waals surface area contributed by atoms with Gasteiger partial charge < -0.3 is 20.3 Å². The third-order valence-electron chi connectivity index (χ3n) is 3.27. The first-order chi connectivity index (χ1) is 11.5. The van der Waals surface area contributed by atoms with Crippen molar-refractivity contribution in [3.8, 4) is 5.75 Å². The molecule has 0 saturated heterocycles. The molecule has 0 bridgehead atoms. The summed E-state index contributed by atoms with van der Waals surface area (Å²) in [5.74, 6) is -1.25. The molecular formula is C17H16BrNO5. The number of hydrogen-bond donors (Lipinski definition) is 3. The number of halogens is 1. The molecule has 2 rings (SSSR count). The van der Waals surface area contributed by atoms with Crippen molar-refractivity contribution >= 4 is 28.0 Å². The predicted molar refractivity (Wildman–Crippen MR) is 90.7 cm³/mol. The fourth-order valence-electron chi connectivity index (χ4n) is 2.04. The van der Waals surface area contributed by atoms with Crippen molar-refractivity contribution in [2.24, 2.45) is 0 Å². The summed E-state index contributed by atoms with van der Waals surface area (Å²) in [5, 5.41) is 21.4. The minimum atomic E-state index is -1.22. The smallest absolute Gasteiger partial charge is 0.408 e. The first-order valence-electron chi connectivity index (χ1n) is 7.13. The molecule has 0 aliphatic heterocycles. The summed E-state index contributed by atoms with van der Waals surface area (Å²) >= 11 is 3.25. The van der Waals surface area contributed by atoms with Crippen LogP contribution < -0.4 is 5.32 Å². The van der Waals surface area contributed by atoms with Gasteiger partial charge in [-0.2, -0.15) is 0 Å². The molecule has 7 heteroatoms. The number of phenolic OH excluding ortho intramolecular Hbond substituents is 1. The number of carboxylic acids is 1. The molecule has 3 N–H and O–H groups in total. The number of carbonyl (C=O) groups is 2. The van der Waals surface area contributed by atoms with Crippen LogP contribution in [0.1, 0.15) is 11.1 Å². The molecule has 0 aliphatic rings. The highest BCUT2D eigenvalue weighted by molar-refractivity contribution is 9.10. The molecular weight excluding hydrogens is 378 g/mol. The number of hydrogen-bond acceptors (Lipinski definition) is 4. The standard InChI is InChI=1S/C17H16BrNO5/c18-13-6-7-15(20)12(8-13)9-14(16(21)22)19-17(23)24-10-11-4-2-1-3-5-11/h1-8,14,20H,9-10H2,(H,19,23)(H,21,22). The van der Waals surface area contributed by atoms with E-state index in [0.29, 0.717) is 10.0 Å². The monoisotopic (exact) mass is 393 g/mol. The quantitative estimate of drug-likeness (QED) is 0.700. The summed E-state index contributed by atoms with van der Waals surface area (Å²) in [6.45, 7) is 0.0428. The Labute approximate surface area is 147 Å². The first kappa shape index (κ1) is 17.8. The molecule has 2 aromatic carbocycles. The highest BCUT2D eigenvalue weighted by Crippen LogP contribution is 2.23. The van der Waals surface area contributed by atoms with Gasteiger partial charge >= 0.3 is 12.1 Å². The van der Waals surface area contributed by atoms with Gasteiger partial charge in [-0.25, -0.2) is 9.59 Å². The lowest BCUT2D eigenvalue weighted by Gasteiger charge is -2.15. The van der Waals surface area contributed by atoms with Gasteiger partial charge in [0.2, 0.25) is 0 Å². The fourth-order valence-corrected chi connectivity index (χ4v) is 2.45. The maximum atomic E-state index is 11.8. The number of phenols is 1. The highest BCUT2D eigenvalue weighted by atomic mass is 79.9. The highest BCUT2D eigenvalue weighted by Gasteiger charge is 2.22. The second-order valence-corrected chi connectivity index (χ2v) is 5.99. The van der Waals surface area contributed by atoms with E-state index in [1.54, 1.807) is 24.3 Å². The van der Waals surface area contributed by atoms with E-state index in [9.17, 15) is 19.8 Å². The third-order valence-corrected chi connectivity index (χ3v) is 3.76. The third kappa shape index (κ3) is 5.27. The van der Waals surface area contributed by atoms with Gasteiger partial charge in [0.1, 0.15) is 18.4 Å². The summed E-state index contributed by atoms with van der Waals surface area (Å²) < 4.78 is 5.72. The van der Waals surface area contributed by atoms with Gasteiger partial charge in [0, 0.05) is 10.9 Å². The Hall–Kier alpha value is -2.54. The van der Waals surface area contributed by atoms with E-state index in [-0.39, 0.29) is 18.8 Å². The first-order valence-corrected chi connectivity index (χ1v) is 7.92. The van der Waals surface area contributed by atoms with E-state index in [1.165, 1.54) is 6.07 Å². The number of ether oxygens (including phenoxy) is 1. The molecule has 6 nitrogen and oxygen atoms in total. The van der Waals surface area contributed by atoms with Crippen LogP contribution in [-0.2, 0) is 22.6 Å². The Morgan fingerprint density at radius 2 is 1.88 bits per heavy atom. The molecule has 126 valence electrons. The van der Waals surface area contributed by atoms with Crippen LogP contribution in [0.3, 0.4) is 0 Å². The lowest BCUT2D eigenvalue weighted by molar-refractivity contribution is -0.139. The minimum absolute atomic E-state index is 0.0381. The molecule has 0 heterocycles. The lowest BCUT2D eigenvalue weighted by Crippen LogP contribution is -2.42. The van der Waals surface area contributed by atoms with Crippen molar-refractivity contribution in [3.63, 3.8) is 0 Å². The molecule has 0 aliphatic carbocycles. The Balaban J connectivity index is 1.96.